The third-order valence-electron chi connectivity index (χ3n) is 4.22. The van der Waals surface area contributed by atoms with E-state index in [2.05, 4.69) is 31.0 Å². The SMILES string of the molecule is CCc1cc(OC)ccc1CN(C)[C@@H]1CCC[C@H]1O. The molecule has 1 aromatic carbocycles. The number of hydrogen-bond acceptors (Lipinski definition) is 3. The number of likely N-dealkylation sites (N-methyl/N-ethyl adjacent to an activating group) is 1. The van der Waals surface area contributed by atoms with Crippen molar-refractivity contribution in [1.29, 1.82) is 0 Å². The quantitative estimate of drug-likeness (QED) is 0.886. The van der Waals surface area contributed by atoms with Crippen LogP contribution in [-0.2, 0) is 13.0 Å². The van der Waals surface area contributed by atoms with Crippen LogP contribution < -0.4 is 4.74 Å². The Kier molecular flexibility index (Phi) is 4.83. The highest BCUT2D eigenvalue weighted by Gasteiger charge is 2.28. The Morgan fingerprint density at radius 1 is 1.32 bits per heavy atom. The van der Waals surface area contributed by atoms with Gasteiger partial charge in [0.15, 0.2) is 0 Å². The third kappa shape index (κ3) is 3.28. The second kappa shape index (κ2) is 6.40. The second-order valence-electron chi connectivity index (χ2n) is 5.47. The summed E-state index contributed by atoms with van der Waals surface area (Å²) in [5.74, 6) is 0.921. The molecule has 19 heavy (non-hydrogen) atoms. The van der Waals surface area contributed by atoms with Crippen LogP contribution in [0.2, 0.25) is 0 Å². The molecule has 1 fully saturated rings. The maximum absolute atomic E-state index is 9.98. The predicted molar refractivity (Wildman–Crippen MR) is 77.5 cm³/mol. The zero-order valence-electron chi connectivity index (χ0n) is 12.2. The average molecular weight is 263 g/mol. The number of aryl methyl sites for hydroxylation is 1. The fourth-order valence-corrected chi connectivity index (χ4v) is 3.03. The van der Waals surface area contributed by atoms with E-state index in [9.17, 15) is 5.11 Å². The topological polar surface area (TPSA) is 32.7 Å². The molecule has 1 N–H and O–H groups in total. The predicted octanol–water partition coefficient (Wildman–Crippen LogP) is 2.60. The number of methoxy groups -OCH3 is 1. The van der Waals surface area contributed by atoms with Gasteiger partial charge in [-0.15, -0.1) is 0 Å². The summed E-state index contributed by atoms with van der Waals surface area (Å²) in [6.45, 7) is 3.07. The summed E-state index contributed by atoms with van der Waals surface area (Å²) in [7, 11) is 3.82. The van der Waals surface area contributed by atoms with E-state index in [1.54, 1.807) is 7.11 Å². The Labute approximate surface area is 116 Å². The summed E-state index contributed by atoms with van der Waals surface area (Å²) in [6, 6.07) is 6.60. The van der Waals surface area contributed by atoms with Gasteiger partial charge in [0.25, 0.3) is 0 Å². The molecule has 0 saturated heterocycles. The number of benzene rings is 1. The van der Waals surface area contributed by atoms with Crippen molar-refractivity contribution in [2.45, 2.75) is 51.3 Å². The molecule has 1 aliphatic rings. The maximum Gasteiger partial charge on any atom is 0.119 e. The Morgan fingerprint density at radius 2 is 2.11 bits per heavy atom. The standard InChI is InChI=1S/C16H25NO2/c1-4-12-10-14(19-3)9-8-13(12)11-17(2)15-6-5-7-16(15)18/h8-10,15-16,18H,4-7,11H2,1-3H3/t15-,16-/m1/s1. The van der Waals surface area contributed by atoms with Crippen molar-refractivity contribution in [3.05, 3.63) is 29.3 Å². The molecule has 106 valence electrons. The molecule has 0 spiro atoms. The van der Waals surface area contributed by atoms with E-state index in [1.807, 2.05) is 6.07 Å². The van der Waals surface area contributed by atoms with Crippen molar-refractivity contribution in [2.24, 2.45) is 0 Å². The van der Waals surface area contributed by atoms with Crippen molar-refractivity contribution in [3.8, 4) is 5.75 Å². The van der Waals surface area contributed by atoms with Crippen LogP contribution in [0.25, 0.3) is 0 Å². The molecule has 3 heteroatoms. The van der Waals surface area contributed by atoms with Crippen LogP contribution in [0.1, 0.15) is 37.3 Å². The lowest BCUT2D eigenvalue weighted by Crippen LogP contribution is -2.37. The molecule has 0 amide bonds. The molecule has 0 radical (unpaired) electrons. The smallest absolute Gasteiger partial charge is 0.119 e. The van der Waals surface area contributed by atoms with Gasteiger partial charge in [-0.3, -0.25) is 4.90 Å². The van der Waals surface area contributed by atoms with Crippen molar-refractivity contribution in [2.75, 3.05) is 14.2 Å². The Bertz CT molecular complexity index is 419. The van der Waals surface area contributed by atoms with Crippen LogP contribution in [-0.4, -0.2) is 36.3 Å². The molecule has 0 bridgehead atoms. The fourth-order valence-electron chi connectivity index (χ4n) is 3.03. The lowest BCUT2D eigenvalue weighted by Gasteiger charge is -2.27. The number of hydrogen-bond donors (Lipinski definition) is 1. The first-order valence-electron chi connectivity index (χ1n) is 7.19. The van der Waals surface area contributed by atoms with E-state index < -0.39 is 0 Å². The summed E-state index contributed by atoms with van der Waals surface area (Å²) < 4.78 is 5.28. The van der Waals surface area contributed by atoms with E-state index in [-0.39, 0.29) is 6.10 Å². The minimum absolute atomic E-state index is 0.159. The normalized spacial score (nSPS) is 23.0. The van der Waals surface area contributed by atoms with Gasteiger partial charge in [0.2, 0.25) is 0 Å². The fraction of sp³-hybridized carbons (Fsp3) is 0.625. The third-order valence-corrected chi connectivity index (χ3v) is 4.22. The van der Waals surface area contributed by atoms with E-state index in [1.165, 1.54) is 11.1 Å². The lowest BCUT2D eigenvalue weighted by atomic mass is 10.0. The number of ether oxygens (including phenoxy) is 1. The highest BCUT2D eigenvalue weighted by atomic mass is 16.5. The van der Waals surface area contributed by atoms with Crippen LogP contribution >= 0.6 is 0 Å². The van der Waals surface area contributed by atoms with E-state index in [4.69, 9.17) is 4.74 Å². The summed E-state index contributed by atoms with van der Waals surface area (Å²) >= 11 is 0. The summed E-state index contributed by atoms with van der Waals surface area (Å²) in [5, 5.41) is 9.98. The van der Waals surface area contributed by atoms with Gasteiger partial charge in [-0.25, -0.2) is 0 Å². The van der Waals surface area contributed by atoms with E-state index >= 15 is 0 Å². The molecule has 2 rings (SSSR count). The van der Waals surface area contributed by atoms with Gasteiger partial charge in [-0.05, 0) is 56.0 Å². The van der Waals surface area contributed by atoms with Gasteiger partial charge >= 0.3 is 0 Å². The minimum Gasteiger partial charge on any atom is -0.497 e. The molecule has 0 aliphatic heterocycles. The number of aliphatic hydroxyl groups excluding tert-OH is 1. The van der Waals surface area contributed by atoms with Crippen molar-refractivity contribution in [1.82, 2.24) is 4.90 Å². The van der Waals surface area contributed by atoms with E-state index in [0.717, 1.165) is 38.0 Å². The minimum atomic E-state index is -0.159. The first-order chi connectivity index (χ1) is 9.15. The summed E-state index contributed by atoms with van der Waals surface area (Å²) in [6.07, 6.45) is 4.04. The van der Waals surface area contributed by atoms with Crippen molar-refractivity contribution in [3.63, 3.8) is 0 Å². The van der Waals surface area contributed by atoms with Crippen molar-refractivity contribution < 1.29 is 9.84 Å². The maximum atomic E-state index is 9.98. The summed E-state index contributed by atoms with van der Waals surface area (Å²) in [4.78, 5) is 2.29. The zero-order valence-corrected chi connectivity index (χ0v) is 12.2. The van der Waals surface area contributed by atoms with Crippen molar-refractivity contribution >= 4 is 0 Å². The molecule has 3 nitrogen and oxygen atoms in total. The molecule has 0 heterocycles. The van der Waals surface area contributed by atoms with Crippen LogP contribution in [0.3, 0.4) is 0 Å². The van der Waals surface area contributed by atoms with Crippen LogP contribution in [0.15, 0.2) is 18.2 Å². The zero-order chi connectivity index (χ0) is 13.8. The average Bonchev–Trinajstić information content (AvgIpc) is 2.85. The molecule has 0 unspecified atom stereocenters. The molecule has 2 atom stereocenters. The van der Waals surface area contributed by atoms with Gasteiger partial charge in [0.1, 0.15) is 5.75 Å². The molecule has 0 aromatic heterocycles. The van der Waals surface area contributed by atoms with Gasteiger partial charge < -0.3 is 9.84 Å². The highest BCUT2D eigenvalue weighted by molar-refractivity contribution is 5.35. The largest absolute Gasteiger partial charge is 0.497 e. The summed E-state index contributed by atoms with van der Waals surface area (Å²) in [5.41, 5.74) is 2.67. The number of rotatable bonds is 5. The second-order valence-corrected chi connectivity index (χ2v) is 5.47. The Morgan fingerprint density at radius 3 is 2.68 bits per heavy atom. The molecule has 1 aromatic rings. The Hall–Kier alpha value is -1.06. The first-order valence-corrected chi connectivity index (χ1v) is 7.19. The lowest BCUT2D eigenvalue weighted by molar-refractivity contribution is 0.0823. The molecular formula is C16H25NO2. The number of nitrogens with zero attached hydrogens (tertiary/aromatic N) is 1. The first kappa shape index (κ1) is 14.4. The molecule has 1 aliphatic carbocycles. The highest BCUT2D eigenvalue weighted by Crippen LogP contribution is 2.26. The van der Waals surface area contributed by atoms with Gasteiger partial charge in [-0.2, -0.15) is 0 Å². The number of aliphatic hydroxyl groups is 1. The van der Waals surface area contributed by atoms with Crippen LogP contribution in [0.5, 0.6) is 5.75 Å². The van der Waals surface area contributed by atoms with Gasteiger partial charge in [0, 0.05) is 12.6 Å². The van der Waals surface area contributed by atoms with Gasteiger partial charge in [0.05, 0.1) is 13.2 Å². The van der Waals surface area contributed by atoms with E-state index in [0.29, 0.717) is 6.04 Å². The molecule has 1 saturated carbocycles. The monoisotopic (exact) mass is 263 g/mol. The van der Waals surface area contributed by atoms with Gasteiger partial charge in [-0.1, -0.05) is 13.0 Å². The molecular weight excluding hydrogens is 238 g/mol. The van der Waals surface area contributed by atoms with Crippen LogP contribution in [0, 0.1) is 0 Å². The van der Waals surface area contributed by atoms with Crippen LogP contribution in [0.4, 0.5) is 0 Å². The Balaban J connectivity index is 2.09.